The topological polar surface area (TPSA) is 129 Å². The molecule has 8 heteroatoms. The molecular formula is C9H16N2O6. The lowest BCUT2D eigenvalue weighted by molar-refractivity contribution is -0.0123. The fourth-order valence-corrected chi connectivity index (χ4v) is 1.16. The molecule has 0 rings (SSSR count). The second-order valence-corrected chi connectivity index (χ2v) is 3.34. The lowest BCUT2D eigenvalue weighted by atomic mass is 10.0. The summed E-state index contributed by atoms with van der Waals surface area (Å²) in [7, 11) is 0. The summed E-state index contributed by atoms with van der Waals surface area (Å²) < 4.78 is 4.88. The fraction of sp³-hybridized carbons (Fsp3) is 0.778. The Labute approximate surface area is 97.9 Å². The first-order valence-corrected chi connectivity index (χ1v) is 4.92. The van der Waals surface area contributed by atoms with Crippen LogP contribution in [0.4, 0.5) is 0 Å². The van der Waals surface area contributed by atoms with Gasteiger partial charge in [0.25, 0.3) is 0 Å². The minimum Gasteiger partial charge on any atom is -0.394 e. The predicted octanol–water partition coefficient (Wildman–Crippen LogP) is -0.827. The first kappa shape index (κ1) is 15.8. The molecule has 0 aromatic heterocycles. The SMILES string of the molecule is C=CCOCC(O)C(N=O)C(O)C(CO)N=O. The van der Waals surface area contributed by atoms with Crippen LogP contribution in [-0.2, 0) is 4.74 Å². The van der Waals surface area contributed by atoms with E-state index in [0.717, 1.165) is 0 Å². The van der Waals surface area contributed by atoms with Crippen LogP contribution in [0.1, 0.15) is 0 Å². The van der Waals surface area contributed by atoms with E-state index in [1.165, 1.54) is 6.08 Å². The molecule has 0 aromatic rings. The summed E-state index contributed by atoms with van der Waals surface area (Å²) in [6.07, 6.45) is -1.61. The van der Waals surface area contributed by atoms with Crippen LogP contribution >= 0.6 is 0 Å². The van der Waals surface area contributed by atoms with Gasteiger partial charge in [-0.05, 0) is 0 Å². The number of nitroso groups, excluding NO2 is 2. The summed E-state index contributed by atoms with van der Waals surface area (Å²) in [6.45, 7) is 2.55. The molecule has 0 saturated heterocycles. The van der Waals surface area contributed by atoms with E-state index < -0.39 is 30.9 Å². The molecule has 0 aliphatic rings. The molecular weight excluding hydrogens is 232 g/mol. The number of nitrogens with zero attached hydrogens (tertiary/aromatic N) is 2. The fourth-order valence-electron chi connectivity index (χ4n) is 1.16. The summed E-state index contributed by atoms with van der Waals surface area (Å²) in [5, 5.41) is 32.7. The largest absolute Gasteiger partial charge is 0.394 e. The maximum atomic E-state index is 10.5. The molecule has 98 valence electrons. The van der Waals surface area contributed by atoms with E-state index >= 15 is 0 Å². The van der Waals surface area contributed by atoms with Crippen molar-refractivity contribution in [2.75, 3.05) is 19.8 Å². The third-order valence-corrected chi connectivity index (χ3v) is 2.11. The average Bonchev–Trinajstić information content (AvgIpc) is 2.32. The van der Waals surface area contributed by atoms with Crippen LogP contribution in [0.5, 0.6) is 0 Å². The Morgan fingerprint density at radius 1 is 1.29 bits per heavy atom. The van der Waals surface area contributed by atoms with Crippen molar-refractivity contribution in [1.29, 1.82) is 0 Å². The summed E-state index contributed by atoms with van der Waals surface area (Å²) in [6, 6.07) is -2.90. The Bertz CT molecular complexity index is 250. The van der Waals surface area contributed by atoms with Gasteiger partial charge >= 0.3 is 0 Å². The zero-order valence-electron chi connectivity index (χ0n) is 9.18. The molecule has 4 unspecified atom stereocenters. The van der Waals surface area contributed by atoms with Gasteiger partial charge in [-0.25, -0.2) is 0 Å². The van der Waals surface area contributed by atoms with Crippen molar-refractivity contribution in [3.63, 3.8) is 0 Å². The van der Waals surface area contributed by atoms with Gasteiger partial charge < -0.3 is 20.1 Å². The molecule has 17 heavy (non-hydrogen) atoms. The maximum absolute atomic E-state index is 10.5. The summed E-state index contributed by atoms with van der Waals surface area (Å²) >= 11 is 0. The first-order valence-electron chi connectivity index (χ1n) is 4.92. The van der Waals surface area contributed by atoms with Gasteiger partial charge in [-0.1, -0.05) is 16.4 Å². The summed E-state index contributed by atoms with van der Waals surface area (Å²) in [4.78, 5) is 20.7. The monoisotopic (exact) mass is 248 g/mol. The van der Waals surface area contributed by atoms with Gasteiger partial charge in [0.1, 0.15) is 24.3 Å². The van der Waals surface area contributed by atoms with Crippen LogP contribution in [-0.4, -0.2) is 59.4 Å². The van der Waals surface area contributed by atoms with Crippen molar-refractivity contribution >= 4 is 0 Å². The van der Waals surface area contributed by atoms with Crippen molar-refractivity contribution in [3.05, 3.63) is 22.5 Å². The molecule has 0 aromatic carbocycles. The average molecular weight is 248 g/mol. The molecule has 0 aliphatic carbocycles. The summed E-state index contributed by atoms with van der Waals surface area (Å²) in [5.41, 5.74) is 0. The number of hydrogen-bond acceptors (Lipinski definition) is 8. The Balaban J connectivity index is 4.41. The molecule has 0 spiro atoms. The smallest absolute Gasteiger partial charge is 0.148 e. The van der Waals surface area contributed by atoms with Crippen LogP contribution in [0.2, 0.25) is 0 Å². The van der Waals surface area contributed by atoms with E-state index in [-0.39, 0.29) is 13.2 Å². The Hall–Kier alpha value is -1.22. The number of aliphatic hydroxyl groups excluding tert-OH is 3. The molecule has 0 bridgehead atoms. The van der Waals surface area contributed by atoms with E-state index in [1.54, 1.807) is 0 Å². The molecule has 0 amide bonds. The Morgan fingerprint density at radius 2 is 1.94 bits per heavy atom. The molecule has 0 radical (unpaired) electrons. The number of ether oxygens (including phenoxy) is 1. The van der Waals surface area contributed by atoms with Crippen molar-refractivity contribution in [2.24, 2.45) is 10.4 Å². The van der Waals surface area contributed by atoms with Gasteiger partial charge in [-0.3, -0.25) is 0 Å². The van der Waals surface area contributed by atoms with Gasteiger partial charge in [-0.15, -0.1) is 6.58 Å². The lowest BCUT2D eigenvalue weighted by Gasteiger charge is -2.23. The maximum Gasteiger partial charge on any atom is 0.148 e. The highest BCUT2D eigenvalue weighted by Crippen LogP contribution is 2.12. The predicted molar refractivity (Wildman–Crippen MR) is 59.3 cm³/mol. The molecule has 8 nitrogen and oxygen atoms in total. The van der Waals surface area contributed by atoms with Crippen LogP contribution in [0, 0.1) is 9.81 Å². The van der Waals surface area contributed by atoms with Crippen LogP contribution in [0.25, 0.3) is 0 Å². The molecule has 0 fully saturated rings. The van der Waals surface area contributed by atoms with Crippen molar-refractivity contribution < 1.29 is 20.1 Å². The third-order valence-electron chi connectivity index (χ3n) is 2.11. The Morgan fingerprint density at radius 3 is 2.35 bits per heavy atom. The van der Waals surface area contributed by atoms with Crippen LogP contribution in [0.3, 0.4) is 0 Å². The van der Waals surface area contributed by atoms with Crippen molar-refractivity contribution in [2.45, 2.75) is 24.3 Å². The zero-order valence-corrected chi connectivity index (χ0v) is 9.18. The van der Waals surface area contributed by atoms with Crippen molar-refractivity contribution in [3.8, 4) is 0 Å². The van der Waals surface area contributed by atoms with E-state index in [1.807, 2.05) is 0 Å². The molecule has 0 heterocycles. The van der Waals surface area contributed by atoms with Crippen molar-refractivity contribution in [1.82, 2.24) is 0 Å². The van der Waals surface area contributed by atoms with Gasteiger partial charge in [0, 0.05) is 0 Å². The second-order valence-electron chi connectivity index (χ2n) is 3.34. The van der Waals surface area contributed by atoms with Gasteiger partial charge in [0.15, 0.2) is 0 Å². The number of rotatable bonds is 10. The highest BCUT2D eigenvalue weighted by Gasteiger charge is 2.34. The van der Waals surface area contributed by atoms with E-state index in [0.29, 0.717) is 0 Å². The third kappa shape index (κ3) is 5.09. The molecule has 0 saturated carbocycles. The number of aliphatic hydroxyl groups is 3. The van der Waals surface area contributed by atoms with E-state index in [9.17, 15) is 20.0 Å². The van der Waals surface area contributed by atoms with Crippen LogP contribution < -0.4 is 0 Å². The summed E-state index contributed by atoms with van der Waals surface area (Å²) in [5.74, 6) is 0. The molecule has 3 N–H and O–H groups in total. The zero-order chi connectivity index (χ0) is 13.3. The Kier molecular flexibility index (Phi) is 8.24. The quantitative estimate of drug-likeness (QED) is 0.263. The second kappa shape index (κ2) is 8.88. The molecule has 0 aliphatic heterocycles. The minimum absolute atomic E-state index is 0.161. The minimum atomic E-state index is -1.66. The van der Waals surface area contributed by atoms with Crippen LogP contribution in [0.15, 0.2) is 23.0 Å². The molecule has 4 atom stereocenters. The van der Waals surface area contributed by atoms with Gasteiger partial charge in [0.2, 0.25) is 0 Å². The van der Waals surface area contributed by atoms with Gasteiger partial charge in [0.05, 0.1) is 19.8 Å². The lowest BCUT2D eigenvalue weighted by Crippen LogP contribution is -2.45. The number of hydrogen-bond donors (Lipinski definition) is 3. The first-order chi connectivity index (χ1) is 8.12. The van der Waals surface area contributed by atoms with Gasteiger partial charge in [-0.2, -0.15) is 9.81 Å². The highest BCUT2D eigenvalue weighted by molar-refractivity contribution is 4.90. The van der Waals surface area contributed by atoms with E-state index in [2.05, 4.69) is 16.9 Å². The standard InChI is InChI=1S/C9H16N2O6/c1-2-3-17-5-7(13)8(11-16)9(14)6(4-12)10-15/h2,6-9,12-14H,1,3-5H2. The normalized spacial score (nSPS) is 17.8. The highest BCUT2D eigenvalue weighted by atomic mass is 16.5. The van der Waals surface area contributed by atoms with E-state index in [4.69, 9.17) is 9.84 Å².